The van der Waals surface area contributed by atoms with Crippen LogP contribution in [0.15, 0.2) is 59.5 Å². The highest BCUT2D eigenvalue weighted by atomic mass is 32.2. The van der Waals surface area contributed by atoms with Gasteiger partial charge in [-0.3, -0.25) is 4.79 Å². The van der Waals surface area contributed by atoms with E-state index in [0.29, 0.717) is 16.7 Å². The van der Waals surface area contributed by atoms with Gasteiger partial charge >= 0.3 is 11.5 Å². The summed E-state index contributed by atoms with van der Waals surface area (Å²) in [6.45, 7) is -0.00658. The average molecular weight is 534 g/mol. The number of rotatable bonds is 9. The molecule has 1 atom stereocenters. The zero-order chi connectivity index (χ0) is 26.6. The molecule has 0 spiro atoms. The lowest BCUT2D eigenvalue weighted by Gasteiger charge is -2.22. The highest BCUT2D eigenvalue weighted by Gasteiger charge is 2.33. The van der Waals surface area contributed by atoms with Gasteiger partial charge in [-0.2, -0.15) is 13.2 Å². The van der Waals surface area contributed by atoms with Crippen LogP contribution in [-0.2, 0) is 11.4 Å². The largest absolute Gasteiger partial charge is 0.497 e. The summed E-state index contributed by atoms with van der Waals surface area (Å²) in [4.78, 5) is 25.3. The summed E-state index contributed by atoms with van der Waals surface area (Å²) in [7, 11) is 1.54. The Hall–Kier alpha value is -3.40. The van der Waals surface area contributed by atoms with Gasteiger partial charge in [0.15, 0.2) is 0 Å². The molecule has 0 heterocycles. The van der Waals surface area contributed by atoms with Crippen molar-refractivity contribution < 1.29 is 37.3 Å². The van der Waals surface area contributed by atoms with E-state index in [2.05, 4.69) is 5.32 Å². The van der Waals surface area contributed by atoms with E-state index < -0.39 is 23.4 Å². The molecule has 0 saturated heterocycles. The third-order valence-electron chi connectivity index (χ3n) is 6.39. The fourth-order valence-electron chi connectivity index (χ4n) is 4.57. The van der Waals surface area contributed by atoms with Crippen LogP contribution < -0.4 is 14.8 Å². The minimum Gasteiger partial charge on any atom is -0.497 e. The molecule has 0 aliphatic heterocycles. The maximum Gasteiger partial charge on any atom is 0.446 e. The average Bonchev–Trinajstić information content (AvgIpc) is 3.39. The van der Waals surface area contributed by atoms with Crippen LogP contribution >= 0.6 is 11.8 Å². The Bertz CT molecular complexity index is 1270. The van der Waals surface area contributed by atoms with E-state index in [0.717, 1.165) is 31.1 Å². The molecule has 1 amide bonds. The first-order chi connectivity index (χ1) is 17.6. The van der Waals surface area contributed by atoms with Crippen LogP contribution in [0.2, 0.25) is 0 Å². The number of benzene rings is 3. The SMILES string of the molecule is COc1ccc2c(OCc3ccc(SC(F)(F)F)cc3)c(C(=O)N[C@H](C(=O)O)C3CCCC3)ccc2c1. The molecule has 0 unspecified atom stereocenters. The number of alkyl halides is 3. The summed E-state index contributed by atoms with van der Waals surface area (Å²) >= 11 is -0.200. The van der Waals surface area contributed by atoms with Crippen LogP contribution in [0.25, 0.3) is 10.8 Å². The summed E-state index contributed by atoms with van der Waals surface area (Å²) in [6.07, 6.45) is 3.33. The van der Waals surface area contributed by atoms with E-state index in [1.54, 1.807) is 30.3 Å². The number of nitrogens with one attached hydrogen (secondary N) is 1. The van der Waals surface area contributed by atoms with Gasteiger partial charge in [0.05, 0.1) is 12.7 Å². The van der Waals surface area contributed by atoms with Gasteiger partial charge in [-0.05, 0) is 77.9 Å². The van der Waals surface area contributed by atoms with Crippen molar-refractivity contribution in [3.63, 3.8) is 0 Å². The monoisotopic (exact) mass is 533 g/mol. The summed E-state index contributed by atoms with van der Waals surface area (Å²) in [5, 5.41) is 13.8. The smallest absolute Gasteiger partial charge is 0.446 e. The molecule has 4 rings (SSSR count). The highest BCUT2D eigenvalue weighted by Crippen LogP contribution is 2.37. The Morgan fingerprint density at radius 1 is 1.08 bits per heavy atom. The number of fused-ring (bicyclic) bond motifs is 1. The van der Waals surface area contributed by atoms with Crippen LogP contribution in [-0.4, -0.2) is 35.6 Å². The minimum atomic E-state index is -4.38. The van der Waals surface area contributed by atoms with Crippen molar-refractivity contribution in [3.8, 4) is 11.5 Å². The number of halogens is 3. The van der Waals surface area contributed by atoms with Gasteiger partial charge in [0.25, 0.3) is 5.91 Å². The molecule has 3 aromatic rings. The molecule has 0 radical (unpaired) electrons. The van der Waals surface area contributed by atoms with E-state index in [1.807, 2.05) is 0 Å². The number of hydrogen-bond acceptors (Lipinski definition) is 5. The maximum atomic E-state index is 13.3. The number of carboxylic acids is 1. The van der Waals surface area contributed by atoms with Crippen molar-refractivity contribution in [2.75, 3.05) is 7.11 Å². The molecular weight excluding hydrogens is 507 g/mol. The fraction of sp³-hybridized carbons (Fsp3) is 0.333. The first kappa shape index (κ1) is 26.7. The van der Waals surface area contributed by atoms with Gasteiger partial charge in [-0.15, -0.1) is 0 Å². The molecule has 0 aromatic heterocycles. The van der Waals surface area contributed by atoms with Gasteiger partial charge in [-0.25, -0.2) is 4.79 Å². The van der Waals surface area contributed by atoms with E-state index in [9.17, 15) is 27.9 Å². The van der Waals surface area contributed by atoms with Crippen molar-refractivity contribution in [3.05, 3.63) is 65.7 Å². The van der Waals surface area contributed by atoms with Gasteiger partial charge in [-0.1, -0.05) is 31.0 Å². The molecule has 1 aliphatic carbocycles. The second-order valence-corrected chi connectivity index (χ2v) is 9.98. The van der Waals surface area contributed by atoms with Gasteiger partial charge in [0, 0.05) is 10.3 Å². The first-order valence-electron chi connectivity index (χ1n) is 11.8. The lowest BCUT2D eigenvalue weighted by Crippen LogP contribution is -2.45. The highest BCUT2D eigenvalue weighted by molar-refractivity contribution is 8.00. The summed E-state index contributed by atoms with van der Waals surface area (Å²) in [5.41, 5.74) is -3.60. The maximum absolute atomic E-state index is 13.3. The zero-order valence-corrected chi connectivity index (χ0v) is 20.8. The molecule has 1 saturated carbocycles. The Morgan fingerprint density at radius 2 is 1.78 bits per heavy atom. The number of carbonyl (C=O) groups is 2. The van der Waals surface area contributed by atoms with Crippen LogP contribution in [0, 0.1) is 5.92 Å². The molecule has 196 valence electrons. The third-order valence-corrected chi connectivity index (χ3v) is 7.13. The summed E-state index contributed by atoms with van der Waals surface area (Å²) in [6, 6.07) is 13.3. The minimum absolute atomic E-state index is 0.00658. The van der Waals surface area contributed by atoms with Crippen molar-refractivity contribution in [2.45, 2.75) is 48.7 Å². The number of hydrogen-bond donors (Lipinski definition) is 2. The molecule has 6 nitrogen and oxygen atoms in total. The lowest BCUT2D eigenvalue weighted by atomic mass is 9.97. The van der Waals surface area contributed by atoms with Crippen LogP contribution in [0.4, 0.5) is 13.2 Å². The molecule has 1 fully saturated rings. The van der Waals surface area contributed by atoms with Gasteiger partial charge in [0.2, 0.25) is 0 Å². The van der Waals surface area contributed by atoms with Gasteiger partial charge in [0.1, 0.15) is 24.1 Å². The number of carbonyl (C=O) groups excluding carboxylic acids is 1. The second kappa shape index (κ2) is 11.3. The number of amides is 1. The number of methoxy groups -OCH3 is 1. The van der Waals surface area contributed by atoms with E-state index in [-0.39, 0.29) is 40.5 Å². The standard InChI is InChI=1S/C27H26F3NO5S/c1-35-19-9-13-21-18(14-19)8-12-22(25(32)31-23(26(33)34)17-4-2-3-5-17)24(21)36-15-16-6-10-20(11-7-16)37-27(28,29)30/h6-14,17,23H,2-5,15H2,1H3,(H,31,32)(H,33,34)/t23-/m0/s1. The number of carboxylic acid groups (broad SMARTS) is 1. The van der Waals surface area contributed by atoms with Crippen LogP contribution in [0.5, 0.6) is 11.5 Å². The summed E-state index contributed by atoms with van der Waals surface area (Å²) in [5.74, 6) is -0.917. The van der Waals surface area contributed by atoms with Crippen molar-refractivity contribution >= 4 is 34.4 Å². The van der Waals surface area contributed by atoms with Crippen LogP contribution in [0.3, 0.4) is 0 Å². The number of aliphatic carboxylic acids is 1. The molecule has 3 aromatic carbocycles. The first-order valence-corrected chi connectivity index (χ1v) is 12.6. The predicted molar refractivity (Wildman–Crippen MR) is 134 cm³/mol. The molecule has 2 N–H and O–H groups in total. The fourth-order valence-corrected chi connectivity index (χ4v) is 5.11. The molecular formula is C27H26F3NO5S. The van der Waals surface area contributed by atoms with Crippen molar-refractivity contribution in [1.82, 2.24) is 5.32 Å². The van der Waals surface area contributed by atoms with E-state index >= 15 is 0 Å². The third kappa shape index (κ3) is 6.68. The molecule has 37 heavy (non-hydrogen) atoms. The van der Waals surface area contributed by atoms with Crippen molar-refractivity contribution in [1.29, 1.82) is 0 Å². The van der Waals surface area contributed by atoms with E-state index in [1.165, 1.54) is 31.4 Å². The Morgan fingerprint density at radius 3 is 2.41 bits per heavy atom. The van der Waals surface area contributed by atoms with Crippen molar-refractivity contribution in [2.24, 2.45) is 5.92 Å². The van der Waals surface area contributed by atoms with Gasteiger partial charge < -0.3 is 19.9 Å². The quantitative estimate of drug-likeness (QED) is 0.309. The normalized spacial score (nSPS) is 14.9. The van der Waals surface area contributed by atoms with Crippen LogP contribution in [0.1, 0.15) is 41.6 Å². The molecule has 10 heteroatoms. The number of ether oxygens (including phenoxy) is 2. The Kier molecular flexibility index (Phi) is 8.16. The second-order valence-electron chi connectivity index (χ2n) is 8.84. The van der Waals surface area contributed by atoms with E-state index in [4.69, 9.17) is 9.47 Å². The lowest BCUT2D eigenvalue weighted by molar-refractivity contribution is -0.140. The topological polar surface area (TPSA) is 84.9 Å². The molecule has 1 aliphatic rings. The number of thioether (sulfide) groups is 1. The zero-order valence-electron chi connectivity index (χ0n) is 20.0. The Balaban J connectivity index is 1.62. The Labute approximate surface area is 216 Å². The summed E-state index contributed by atoms with van der Waals surface area (Å²) < 4.78 is 49.2. The predicted octanol–water partition coefficient (Wildman–Crippen LogP) is 6.41. The molecule has 0 bridgehead atoms.